The van der Waals surface area contributed by atoms with E-state index in [-0.39, 0.29) is 5.96 Å². The minimum atomic E-state index is 0.0627. The van der Waals surface area contributed by atoms with E-state index >= 15 is 0 Å². The molecule has 0 spiro atoms. The average Bonchev–Trinajstić information content (AvgIpc) is 2.83. The summed E-state index contributed by atoms with van der Waals surface area (Å²) in [4.78, 5) is 8.43. The second kappa shape index (κ2) is 4.37. The third kappa shape index (κ3) is 1.86. The number of nitrogens with zero attached hydrogens (tertiary/aromatic N) is 2. The molecule has 0 saturated carbocycles. The highest BCUT2D eigenvalue weighted by molar-refractivity contribution is 6.57. The zero-order valence-corrected chi connectivity index (χ0v) is 9.67. The van der Waals surface area contributed by atoms with E-state index in [1.165, 1.54) is 0 Å². The number of hydrogen-bond donors (Lipinski definition) is 1. The predicted molar refractivity (Wildman–Crippen MR) is 73.7 cm³/mol. The molecule has 1 aliphatic heterocycles. The normalized spacial score (nSPS) is 14.3. The van der Waals surface area contributed by atoms with Crippen LogP contribution >= 0.6 is 0 Å². The zero-order chi connectivity index (χ0) is 12.4. The van der Waals surface area contributed by atoms with Gasteiger partial charge in [-0.3, -0.25) is 5.41 Å². The third-order valence-electron chi connectivity index (χ3n) is 2.75. The van der Waals surface area contributed by atoms with Crippen molar-refractivity contribution in [2.45, 2.75) is 0 Å². The van der Waals surface area contributed by atoms with Gasteiger partial charge < -0.3 is 0 Å². The molecular weight excluding hydrogens is 222 g/mol. The first-order chi connectivity index (χ1) is 8.84. The summed E-state index contributed by atoms with van der Waals surface area (Å²) in [5.74, 6) is 0.0627. The van der Waals surface area contributed by atoms with E-state index in [1.807, 2.05) is 60.7 Å². The summed E-state index contributed by atoms with van der Waals surface area (Å²) in [5, 5.41) is 7.63. The molecule has 0 amide bonds. The van der Waals surface area contributed by atoms with Crippen LogP contribution in [0.1, 0.15) is 11.1 Å². The maximum absolute atomic E-state index is 7.63. The molecule has 3 nitrogen and oxygen atoms in total. The van der Waals surface area contributed by atoms with E-state index in [0.717, 1.165) is 22.6 Å². The highest BCUT2D eigenvalue weighted by Crippen LogP contribution is 2.14. The fourth-order valence-corrected chi connectivity index (χ4v) is 1.94. The smallest absolute Gasteiger partial charge is 0.243 e. The molecular formula is C15H11N3. The van der Waals surface area contributed by atoms with Crippen LogP contribution in [0.25, 0.3) is 0 Å². The summed E-state index contributed by atoms with van der Waals surface area (Å²) >= 11 is 0. The van der Waals surface area contributed by atoms with Crippen molar-refractivity contribution in [2.75, 3.05) is 0 Å². The van der Waals surface area contributed by atoms with Gasteiger partial charge in [0.1, 0.15) is 11.4 Å². The van der Waals surface area contributed by atoms with Gasteiger partial charge >= 0.3 is 0 Å². The number of nitrogens with one attached hydrogen (secondary N) is 1. The van der Waals surface area contributed by atoms with Crippen molar-refractivity contribution in [3.8, 4) is 0 Å². The van der Waals surface area contributed by atoms with Crippen molar-refractivity contribution in [3.05, 3.63) is 71.8 Å². The minimum absolute atomic E-state index is 0.0627. The molecule has 0 unspecified atom stereocenters. The maximum atomic E-state index is 7.63. The van der Waals surface area contributed by atoms with E-state index in [1.54, 1.807) is 0 Å². The van der Waals surface area contributed by atoms with E-state index in [4.69, 9.17) is 5.41 Å². The van der Waals surface area contributed by atoms with Crippen LogP contribution in [0.4, 0.5) is 0 Å². The molecule has 3 rings (SSSR count). The van der Waals surface area contributed by atoms with Gasteiger partial charge in [-0.15, -0.1) is 0 Å². The van der Waals surface area contributed by atoms with E-state index in [9.17, 15) is 0 Å². The second-order valence-corrected chi connectivity index (χ2v) is 3.98. The lowest BCUT2D eigenvalue weighted by atomic mass is 10.0. The molecule has 0 fully saturated rings. The van der Waals surface area contributed by atoms with Crippen molar-refractivity contribution in [1.29, 1.82) is 5.41 Å². The Morgan fingerprint density at radius 2 is 1.00 bits per heavy atom. The zero-order valence-electron chi connectivity index (χ0n) is 9.67. The van der Waals surface area contributed by atoms with Gasteiger partial charge in [0, 0.05) is 11.1 Å². The first-order valence-corrected chi connectivity index (χ1v) is 5.72. The highest BCUT2D eigenvalue weighted by Gasteiger charge is 2.20. The van der Waals surface area contributed by atoms with Gasteiger partial charge in [-0.2, -0.15) is 0 Å². The molecule has 1 N–H and O–H groups in total. The fourth-order valence-electron chi connectivity index (χ4n) is 1.94. The largest absolute Gasteiger partial charge is 0.265 e. The highest BCUT2D eigenvalue weighted by atomic mass is 15.1. The number of guanidine groups is 1. The Morgan fingerprint density at radius 1 is 0.611 bits per heavy atom. The molecule has 0 aliphatic carbocycles. The summed E-state index contributed by atoms with van der Waals surface area (Å²) in [6, 6.07) is 19.7. The lowest BCUT2D eigenvalue weighted by Gasteiger charge is -2.04. The van der Waals surface area contributed by atoms with Crippen molar-refractivity contribution in [1.82, 2.24) is 0 Å². The molecule has 0 saturated heterocycles. The van der Waals surface area contributed by atoms with Gasteiger partial charge in [0.2, 0.25) is 5.96 Å². The molecule has 18 heavy (non-hydrogen) atoms. The summed E-state index contributed by atoms with van der Waals surface area (Å²) in [5.41, 5.74) is 3.52. The lowest BCUT2D eigenvalue weighted by molar-refractivity contribution is 1.40. The predicted octanol–water partition coefficient (Wildman–Crippen LogP) is 2.91. The van der Waals surface area contributed by atoms with Crippen LogP contribution in [0.15, 0.2) is 70.6 Å². The summed E-state index contributed by atoms with van der Waals surface area (Å²) in [7, 11) is 0. The Morgan fingerprint density at radius 3 is 1.39 bits per heavy atom. The molecule has 86 valence electrons. The Balaban J connectivity index is 2.09. The SMILES string of the molecule is N=C1N=C(c2ccccc2)C(c2ccccc2)=N1. The van der Waals surface area contributed by atoms with E-state index in [2.05, 4.69) is 9.98 Å². The quantitative estimate of drug-likeness (QED) is 0.829. The van der Waals surface area contributed by atoms with Crippen LogP contribution in [0.3, 0.4) is 0 Å². The Bertz CT molecular complexity index is 582. The molecule has 1 aliphatic rings. The molecule has 3 heteroatoms. The molecule has 2 aromatic carbocycles. The number of aliphatic imine (C=N–C) groups is 2. The van der Waals surface area contributed by atoms with Gasteiger partial charge in [0.25, 0.3) is 0 Å². The van der Waals surface area contributed by atoms with E-state index in [0.29, 0.717) is 0 Å². The summed E-state index contributed by atoms with van der Waals surface area (Å²) in [6.45, 7) is 0. The Kier molecular flexibility index (Phi) is 2.57. The van der Waals surface area contributed by atoms with Crippen molar-refractivity contribution < 1.29 is 0 Å². The van der Waals surface area contributed by atoms with Crippen LogP contribution in [-0.4, -0.2) is 17.4 Å². The summed E-state index contributed by atoms with van der Waals surface area (Å²) < 4.78 is 0. The lowest BCUT2D eigenvalue weighted by Crippen LogP contribution is -2.13. The topological polar surface area (TPSA) is 48.6 Å². The van der Waals surface area contributed by atoms with Crippen LogP contribution in [0.5, 0.6) is 0 Å². The van der Waals surface area contributed by atoms with E-state index < -0.39 is 0 Å². The summed E-state index contributed by atoms with van der Waals surface area (Å²) in [6.07, 6.45) is 0. The number of hydrogen-bond acceptors (Lipinski definition) is 1. The van der Waals surface area contributed by atoms with Crippen molar-refractivity contribution >= 4 is 17.4 Å². The Labute approximate surface area is 105 Å². The number of rotatable bonds is 2. The van der Waals surface area contributed by atoms with Crippen molar-refractivity contribution in [2.24, 2.45) is 9.98 Å². The maximum Gasteiger partial charge on any atom is 0.243 e. The molecule has 0 bridgehead atoms. The third-order valence-corrected chi connectivity index (χ3v) is 2.75. The van der Waals surface area contributed by atoms with Crippen LogP contribution < -0.4 is 0 Å². The van der Waals surface area contributed by atoms with Crippen LogP contribution in [0, 0.1) is 5.41 Å². The molecule has 1 heterocycles. The van der Waals surface area contributed by atoms with Gasteiger partial charge in [-0.05, 0) is 0 Å². The first-order valence-electron chi connectivity index (χ1n) is 5.72. The second-order valence-electron chi connectivity index (χ2n) is 3.98. The molecule has 2 aromatic rings. The van der Waals surface area contributed by atoms with Crippen LogP contribution in [-0.2, 0) is 0 Å². The van der Waals surface area contributed by atoms with Gasteiger partial charge in [-0.25, -0.2) is 9.98 Å². The monoisotopic (exact) mass is 233 g/mol. The number of benzene rings is 2. The van der Waals surface area contributed by atoms with Crippen LogP contribution in [0.2, 0.25) is 0 Å². The van der Waals surface area contributed by atoms with Crippen molar-refractivity contribution in [3.63, 3.8) is 0 Å². The Hall–Kier alpha value is -2.55. The fraction of sp³-hybridized carbons (Fsp3) is 0. The van der Waals surface area contributed by atoms with Gasteiger partial charge in [-0.1, -0.05) is 60.7 Å². The average molecular weight is 233 g/mol. The molecule has 0 atom stereocenters. The standard InChI is InChI=1S/C15H11N3/c16-15-17-13(11-7-3-1-4-8-11)14(18-15)12-9-5-2-6-10-12/h1-10,16H. The van der Waals surface area contributed by atoms with Gasteiger partial charge in [0.15, 0.2) is 0 Å². The molecule has 0 radical (unpaired) electrons. The molecule has 0 aromatic heterocycles. The first kappa shape index (κ1) is 10.6. The van der Waals surface area contributed by atoms with Gasteiger partial charge in [0.05, 0.1) is 0 Å². The minimum Gasteiger partial charge on any atom is -0.265 e.